The molecule has 0 bridgehead atoms. The lowest BCUT2D eigenvalue weighted by Crippen LogP contribution is -2.26. The topological polar surface area (TPSA) is 93.0 Å². The van der Waals surface area contributed by atoms with Crippen LogP contribution in [0.1, 0.15) is 25.6 Å². The number of amides is 2. The molecule has 6 rings (SSSR count). The summed E-state index contributed by atoms with van der Waals surface area (Å²) in [4.78, 5) is 42.7. The number of benzene rings is 2. The second kappa shape index (κ2) is 11.5. The molecule has 0 saturated heterocycles. The number of hydrogen-bond donors (Lipinski definition) is 1. The average Bonchev–Trinajstić information content (AvgIpc) is 3.65. The van der Waals surface area contributed by atoms with E-state index >= 15 is 0 Å². The number of pyridine rings is 2. The molecule has 0 fully saturated rings. The van der Waals surface area contributed by atoms with Crippen LogP contribution in [0.25, 0.3) is 21.5 Å². The quantitative estimate of drug-likeness (QED) is 0.236. The van der Waals surface area contributed by atoms with Crippen LogP contribution in [-0.4, -0.2) is 38.4 Å². The Bertz CT molecular complexity index is 1820. The van der Waals surface area contributed by atoms with Crippen molar-refractivity contribution in [2.75, 3.05) is 17.3 Å². The van der Waals surface area contributed by atoms with Crippen molar-refractivity contribution in [2.45, 2.75) is 13.0 Å². The number of thiophene rings is 1. The minimum absolute atomic E-state index is 0.114. The lowest BCUT2D eigenvalue weighted by atomic mass is 10.2. The van der Waals surface area contributed by atoms with Crippen molar-refractivity contribution < 1.29 is 9.59 Å². The highest BCUT2D eigenvalue weighted by molar-refractivity contribution is 7.17. The molecule has 4 heterocycles. The summed E-state index contributed by atoms with van der Waals surface area (Å²) >= 11 is 1.41. The number of carbonyl (C=O) groups is 2. The predicted octanol–water partition coefficient (Wildman–Crippen LogP) is 6.33. The maximum absolute atomic E-state index is 13.4. The van der Waals surface area contributed by atoms with Crippen molar-refractivity contribution in [1.82, 2.24) is 19.5 Å². The lowest BCUT2D eigenvalue weighted by Gasteiger charge is -2.17. The first kappa shape index (κ1) is 26.1. The number of nitrogens with zero attached hydrogens (tertiary/aromatic N) is 5. The van der Waals surface area contributed by atoms with E-state index in [2.05, 4.69) is 15.3 Å². The van der Waals surface area contributed by atoms with Crippen LogP contribution in [0.5, 0.6) is 0 Å². The van der Waals surface area contributed by atoms with Gasteiger partial charge in [0.1, 0.15) is 0 Å². The molecule has 1 N–H and O–H groups in total. The maximum atomic E-state index is 13.4. The van der Waals surface area contributed by atoms with Crippen molar-refractivity contribution in [3.05, 3.63) is 126 Å². The van der Waals surface area contributed by atoms with Gasteiger partial charge < -0.3 is 9.47 Å². The van der Waals surface area contributed by atoms with Crippen molar-refractivity contribution >= 4 is 45.8 Å². The molecule has 41 heavy (non-hydrogen) atoms. The van der Waals surface area contributed by atoms with Crippen molar-refractivity contribution in [2.24, 2.45) is 0 Å². The third kappa shape index (κ3) is 5.61. The minimum Gasteiger partial charge on any atom is -0.311 e. The van der Waals surface area contributed by atoms with E-state index in [0.29, 0.717) is 40.6 Å². The zero-order valence-corrected chi connectivity index (χ0v) is 23.1. The average molecular weight is 559 g/mol. The highest BCUT2D eigenvalue weighted by Gasteiger charge is 2.19. The van der Waals surface area contributed by atoms with Gasteiger partial charge in [-0.25, -0.2) is 4.98 Å². The highest BCUT2D eigenvalue weighted by atomic mass is 32.1. The molecular formula is C32H26N6O2S. The van der Waals surface area contributed by atoms with E-state index in [9.17, 15) is 9.59 Å². The van der Waals surface area contributed by atoms with Gasteiger partial charge in [0.2, 0.25) is 5.95 Å². The van der Waals surface area contributed by atoms with Gasteiger partial charge in [0.25, 0.3) is 11.8 Å². The van der Waals surface area contributed by atoms with E-state index in [-0.39, 0.29) is 11.8 Å². The van der Waals surface area contributed by atoms with Gasteiger partial charge in [-0.1, -0.05) is 24.3 Å². The first-order valence-corrected chi connectivity index (χ1v) is 13.9. The van der Waals surface area contributed by atoms with Crippen LogP contribution in [0.4, 0.5) is 11.6 Å². The minimum atomic E-state index is -0.232. The van der Waals surface area contributed by atoms with Crippen molar-refractivity contribution in [3.8, 4) is 10.4 Å². The summed E-state index contributed by atoms with van der Waals surface area (Å²) in [6, 6.07) is 26.4. The molecule has 0 radical (unpaired) electrons. The van der Waals surface area contributed by atoms with Gasteiger partial charge in [0, 0.05) is 54.5 Å². The van der Waals surface area contributed by atoms with Crippen LogP contribution < -0.4 is 10.2 Å². The van der Waals surface area contributed by atoms with Gasteiger partial charge in [0.15, 0.2) is 0 Å². The number of aromatic nitrogens is 4. The van der Waals surface area contributed by atoms with Crippen LogP contribution in [0.15, 0.2) is 110 Å². The zero-order valence-electron chi connectivity index (χ0n) is 22.3. The normalized spacial score (nSPS) is 11.0. The Hall–Kier alpha value is -5.15. The third-order valence-corrected chi connectivity index (χ3v) is 7.94. The Morgan fingerprint density at radius 1 is 0.902 bits per heavy atom. The molecule has 6 aromatic rings. The van der Waals surface area contributed by atoms with Gasteiger partial charge in [0.05, 0.1) is 15.9 Å². The van der Waals surface area contributed by atoms with Crippen LogP contribution >= 0.6 is 11.3 Å². The molecule has 202 valence electrons. The summed E-state index contributed by atoms with van der Waals surface area (Å²) in [5, 5.41) is 3.03. The number of fused-ring (bicyclic) bond motifs is 1. The molecule has 0 unspecified atom stereocenters. The monoisotopic (exact) mass is 558 g/mol. The summed E-state index contributed by atoms with van der Waals surface area (Å²) in [5.41, 5.74) is 4.94. The van der Waals surface area contributed by atoms with Crippen LogP contribution in [0.3, 0.4) is 0 Å². The summed E-state index contributed by atoms with van der Waals surface area (Å²) in [6.45, 7) is 0.586. The molecule has 8 nitrogen and oxygen atoms in total. The first-order chi connectivity index (χ1) is 20.1. The van der Waals surface area contributed by atoms with Gasteiger partial charge in [-0.3, -0.25) is 24.9 Å². The van der Waals surface area contributed by atoms with E-state index in [4.69, 9.17) is 4.98 Å². The molecule has 4 aromatic heterocycles. The molecule has 0 aliphatic heterocycles. The molecular weight excluding hydrogens is 532 g/mol. The van der Waals surface area contributed by atoms with Gasteiger partial charge in [-0.05, 0) is 78.2 Å². The second-order valence-corrected chi connectivity index (χ2v) is 10.5. The van der Waals surface area contributed by atoms with Crippen LogP contribution in [0, 0.1) is 0 Å². The van der Waals surface area contributed by atoms with E-state index < -0.39 is 0 Å². The molecule has 2 aromatic carbocycles. The predicted molar refractivity (Wildman–Crippen MR) is 162 cm³/mol. The molecule has 0 atom stereocenters. The van der Waals surface area contributed by atoms with E-state index in [1.165, 1.54) is 11.3 Å². The molecule has 0 aliphatic carbocycles. The smallest absolute Gasteiger partial charge is 0.268 e. The molecule has 0 aliphatic rings. The maximum Gasteiger partial charge on any atom is 0.268 e. The number of aryl methyl sites for hydroxylation is 2. The molecule has 0 spiro atoms. The molecule has 9 heteroatoms. The largest absolute Gasteiger partial charge is 0.311 e. The van der Waals surface area contributed by atoms with E-state index in [1.54, 1.807) is 42.7 Å². The fourth-order valence-corrected chi connectivity index (χ4v) is 5.53. The van der Waals surface area contributed by atoms with E-state index in [0.717, 1.165) is 21.5 Å². The highest BCUT2D eigenvalue weighted by Crippen LogP contribution is 2.30. The van der Waals surface area contributed by atoms with Crippen LogP contribution in [-0.2, 0) is 13.0 Å². The first-order valence-electron chi connectivity index (χ1n) is 13.1. The van der Waals surface area contributed by atoms with Crippen molar-refractivity contribution in [1.29, 1.82) is 0 Å². The number of nitrogens with one attached hydrogen (secondary N) is 1. The standard InChI is InChI=1S/C32H26N6O2S/c1-37(31(40)24-7-3-2-4-8-24)25-9-10-27-26(20-25)35-32(38(27)19-15-22-6-5-16-34-21-22)36-30(39)29-12-11-28(41-29)23-13-17-33-18-14-23/h2-14,16-18,20-21H,15,19H2,1H3,(H,35,36,39). The summed E-state index contributed by atoms with van der Waals surface area (Å²) in [6.07, 6.45) is 7.77. The Labute approximate surface area is 241 Å². The Kier molecular flexibility index (Phi) is 7.34. The number of anilines is 2. The van der Waals surface area contributed by atoms with Crippen LogP contribution in [0.2, 0.25) is 0 Å². The lowest BCUT2D eigenvalue weighted by molar-refractivity contribution is 0.0991. The summed E-state index contributed by atoms with van der Waals surface area (Å²) in [7, 11) is 1.75. The second-order valence-electron chi connectivity index (χ2n) is 9.46. The van der Waals surface area contributed by atoms with Crippen molar-refractivity contribution in [3.63, 3.8) is 0 Å². The van der Waals surface area contributed by atoms with Gasteiger partial charge in [-0.15, -0.1) is 11.3 Å². The Balaban J connectivity index is 1.31. The summed E-state index contributed by atoms with van der Waals surface area (Å²) < 4.78 is 2.00. The number of rotatable bonds is 8. The number of imidazole rings is 1. The number of carbonyl (C=O) groups excluding carboxylic acids is 2. The summed E-state index contributed by atoms with van der Waals surface area (Å²) in [5.74, 6) is 0.101. The molecule has 2 amide bonds. The SMILES string of the molecule is CN(C(=O)c1ccccc1)c1ccc2c(c1)nc(NC(=O)c1ccc(-c3ccncc3)s1)n2CCc1cccnc1. The third-order valence-electron chi connectivity index (χ3n) is 6.81. The van der Waals surface area contributed by atoms with E-state index in [1.807, 2.05) is 83.6 Å². The van der Waals surface area contributed by atoms with Gasteiger partial charge in [-0.2, -0.15) is 0 Å². The Morgan fingerprint density at radius 3 is 2.51 bits per heavy atom. The molecule has 0 saturated carbocycles. The fourth-order valence-electron chi connectivity index (χ4n) is 4.62. The fraction of sp³-hybridized carbons (Fsp3) is 0.0938. The van der Waals surface area contributed by atoms with Gasteiger partial charge >= 0.3 is 0 Å². The zero-order chi connectivity index (χ0) is 28.2. The Morgan fingerprint density at radius 2 is 1.73 bits per heavy atom. The number of hydrogen-bond acceptors (Lipinski definition) is 6.